The van der Waals surface area contributed by atoms with Crippen LogP contribution in [-0.4, -0.2) is 42.7 Å². The fraction of sp³-hybridized carbons (Fsp3) is 0.478. The van der Waals surface area contributed by atoms with E-state index >= 15 is 0 Å². The number of nitrogens with zero attached hydrogens (tertiary/aromatic N) is 2. The lowest BCUT2D eigenvalue weighted by Gasteiger charge is -2.27. The number of methoxy groups -OCH3 is 1. The molecule has 1 aromatic carbocycles. The molecule has 2 heterocycles. The van der Waals surface area contributed by atoms with Crippen LogP contribution in [0.25, 0.3) is 11.1 Å². The Morgan fingerprint density at radius 1 is 1.32 bits per heavy atom. The Morgan fingerprint density at radius 2 is 2.00 bits per heavy atom. The zero-order valence-corrected chi connectivity index (χ0v) is 18.0. The first-order chi connectivity index (χ1) is 14.7. The van der Waals surface area contributed by atoms with E-state index in [9.17, 15) is 13.6 Å². The van der Waals surface area contributed by atoms with Gasteiger partial charge in [0.2, 0.25) is 5.88 Å². The van der Waals surface area contributed by atoms with E-state index in [-0.39, 0.29) is 23.4 Å². The summed E-state index contributed by atoms with van der Waals surface area (Å²) < 4.78 is 33.6. The molecule has 0 radical (unpaired) electrons. The van der Waals surface area contributed by atoms with Gasteiger partial charge in [0.1, 0.15) is 11.6 Å². The fourth-order valence-corrected chi connectivity index (χ4v) is 4.27. The SMILES string of the molecule is COc1ncc(C(=O)N[C@@H](C)C2CC2)c(N2CC[C@](C)(N)C2)c1-c1cc(F)cc(F)c1. The van der Waals surface area contributed by atoms with Gasteiger partial charge in [-0.15, -0.1) is 0 Å². The average molecular weight is 430 g/mol. The van der Waals surface area contributed by atoms with E-state index in [4.69, 9.17) is 10.5 Å². The molecule has 1 saturated heterocycles. The number of nitrogens with two attached hydrogens (primary N) is 1. The Morgan fingerprint density at radius 3 is 2.55 bits per heavy atom. The van der Waals surface area contributed by atoms with Crippen LogP contribution in [0.15, 0.2) is 24.4 Å². The van der Waals surface area contributed by atoms with Crippen LogP contribution in [0.2, 0.25) is 0 Å². The maximum atomic E-state index is 14.1. The van der Waals surface area contributed by atoms with Crippen LogP contribution >= 0.6 is 0 Å². The molecular formula is C23H28F2N4O2. The molecule has 4 rings (SSSR count). The van der Waals surface area contributed by atoms with Gasteiger partial charge in [-0.25, -0.2) is 13.8 Å². The molecule has 2 aliphatic rings. The second-order valence-electron chi connectivity index (χ2n) is 8.99. The summed E-state index contributed by atoms with van der Waals surface area (Å²) in [5.41, 5.74) is 7.42. The highest BCUT2D eigenvalue weighted by atomic mass is 19.1. The molecule has 1 aliphatic carbocycles. The van der Waals surface area contributed by atoms with Gasteiger partial charge in [0.15, 0.2) is 0 Å². The third-order valence-electron chi connectivity index (χ3n) is 6.11. The van der Waals surface area contributed by atoms with E-state index in [1.54, 1.807) is 0 Å². The molecule has 6 nitrogen and oxygen atoms in total. The topological polar surface area (TPSA) is 80.5 Å². The predicted molar refractivity (Wildman–Crippen MR) is 115 cm³/mol. The van der Waals surface area contributed by atoms with E-state index < -0.39 is 17.2 Å². The molecule has 1 aliphatic heterocycles. The molecule has 166 valence electrons. The first-order valence-corrected chi connectivity index (χ1v) is 10.6. The van der Waals surface area contributed by atoms with Crippen molar-refractivity contribution >= 4 is 11.6 Å². The number of hydrogen-bond donors (Lipinski definition) is 2. The van der Waals surface area contributed by atoms with Crippen molar-refractivity contribution in [2.24, 2.45) is 11.7 Å². The Kier molecular flexibility index (Phi) is 5.60. The summed E-state index contributed by atoms with van der Waals surface area (Å²) in [4.78, 5) is 19.5. The van der Waals surface area contributed by atoms with Gasteiger partial charge in [-0.2, -0.15) is 0 Å². The summed E-state index contributed by atoms with van der Waals surface area (Å²) in [6.07, 6.45) is 4.38. The third-order valence-corrected chi connectivity index (χ3v) is 6.11. The zero-order chi connectivity index (χ0) is 22.3. The van der Waals surface area contributed by atoms with E-state index in [0.29, 0.717) is 42.2 Å². The summed E-state index contributed by atoms with van der Waals surface area (Å²) in [5, 5.41) is 3.06. The standard InChI is InChI=1S/C23H28F2N4O2/c1-13(14-4-5-14)28-21(30)18-11-27-22(31-3)19(15-8-16(24)10-17(25)9-15)20(18)29-7-6-23(2,26)12-29/h8-11,13-14H,4-7,12,26H2,1-3H3,(H,28,30)/t13-,23-/m0/s1. The lowest BCUT2D eigenvalue weighted by Crippen LogP contribution is -2.40. The van der Waals surface area contributed by atoms with Crippen LogP contribution in [0.5, 0.6) is 5.88 Å². The monoisotopic (exact) mass is 430 g/mol. The van der Waals surface area contributed by atoms with E-state index in [1.165, 1.54) is 25.4 Å². The number of pyridine rings is 1. The van der Waals surface area contributed by atoms with Gasteiger partial charge in [0.05, 0.1) is 23.9 Å². The zero-order valence-electron chi connectivity index (χ0n) is 18.0. The smallest absolute Gasteiger partial charge is 0.255 e. The van der Waals surface area contributed by atoms with Crippen LogP contribution in [-0.2, 0) is 0 Å². The van der Waals surface area contributed by atoms with Crippen LogP contribution < -0.4 is 20.7 Å². The highest BCUT2D eigenvalue weighted by molar-refractivity contribution is 6.04. The minimum absolute atomic E-state index is 0.0378. The second kappa shape index (κ2) is 8.07. The summed E-state index contributed by atoms with van der Waals surface area (Å²) in [6, 6.07) is 3.29. The van der Waals surface area contributed by atoms with Crippen LogP contribution in [0, 0.1) is 17.6 Å². The molecule has 8 heteroatoms. The van der Waals surface area contributed by atoms with Gasteiger partial charge in [-0.3, -0.25) is 4.79 Å². The number of carbonyl (C=O) groups is 1. The van der Waals surface area contributed by atoms with Gasteiger partial charge in [-0.05, 0) is 56.7 Å². The highest BCUT2D eigenvalue weighted by Crippen LogP contribution is 2.42. The van der Waals surface area contributed by atoms with E-state index in [2.05, 4.69) is 10.3 Å². The van der Waals surface area contributed by atoms with Crippen molar-refractivity contribution in [2.45, 2.75) is 44.7 Å². The molecule has 0 unspecified atom stereocenters. The summed E-state index contributed by atoms with van der Waals surface area (Å²) in [6.45, 7) is 5.02. The van der Waals surface area contributed by atoms with Crippen LogP contribution in [0.3, 0.4) is 0 Å². The minimum atomic E-state index is -0.717. The van der Waals surface area contributed by atoms with Gasteiger partial charge in [0, 0.05) is 36.9 Å². The Labute approximate surface area is 180 Å². The Hall–Kier alpha value is -2.74. The first kappa shape index (κ1) is 21.5. The van der Waals surface area contributed by atoms with Gasteiger partial charge < -0.3 is 20.7 Å². The van der Waals surface area contributed by atoms with Crippen molar-refractivity contribution in [3.8, 4) is 17.0 Å². The summed E-state index contributed by atoms with van der Waals surface area (Å²) >= 11 is 0. The number of hydrogen-bond acceptors (Lipinski definition) is 5. The van der Waals surface area contributed by atoms with E-state index in [0.717, 1.165) is 18.9 Å². The number of nitrogens with one attached hydrogen (secondary N) is 1. The number of carbonyl (C=O) groups excluding carboxylic acids is 1. The third kappa shape index (κ3) is 4.49. The normalized spacial score (nSPS) is 21.8. The summed E-state index contributed by atoms with van der Waals surface area (Å²) in [7, 11) is 1.44. The number of amides is 1. The van der Waals surface area contributed by atoms with Crippen molar-refractivity contribution < 1.29 is 18.3 Å². The largest absolute Gasteiger partial charge is 0.480 e. The first-order valence-electron chi connectivity index (χ1n) is 10.6. The molecule has 31 heavy (non-hydrogen) atoms. The van der Waals surface area contributed by atoms with Crippen molar-refractivity contribution in [1.82, 2.24) is 10.3 Å². The highest BCUT2D eigenvalue weighted by Gasteiger charge is 2.36. The number of halogens is 2. The second-order valence-corrected chi connectivity index (χ2v) is 8.99. The molecular weight excluding hydrogens is 402 g/mol. The number of benzene rings is 1. The number of ether oxygens (including phenoxy) is 1. The van der Waals surface area contributed by atoms with Gasteiger partial charge in [0.25, 0.3) is 5.91 Å². The van der Waals surface area contributed by atoms with Gasteiger partial charge >= 0.3 is 0 Å². The van der Waals surface area contributed by atoms with Gasteiger partial charge in [-0.1, -0.05) is 0 Å². The molecule has 3 N–H and O–H groups in total. The molecule has 1 amide bonds. The Bertz CT molecular complexity index is 987. The molecule has 2 aromatic rings. The van der Waals surface area contributed by atoms with Crippen molar-refractivity contribution in [2.75, 3.05) is 25.1 Å². The molecule has 1 saturated carbocycles. The van der Waals surface area contributed by atoms with Crippen LogP contribution in [0.1, 0.15) is 43.5 Å². The van der Waals surface area contributed by atoms with Crippen molar-refractivity contribution in [3.05, 3.63) is 41.6 Å². The molecule has 0 bridgehead atoms. The molecule has 2 atom stereocenters. The average Bonchev–Trinajstić information content (AvgIpc) is 3.49. The lowest BCUT2D eigenvalue weighted by molar-refractivity contribution is 0.0936. The molecule has 2 fully saturated rings. The number of rotatable bonds is 6. The van der Waals surface area contributed by atoms with Crippen molar-refractivity contribution in [1.29, 1.82) is 0 Å². The number of anilines is 1. The van der Waals surface area contributed by atoms with Crippen molar-refractivity contribution in [3.63, 3.8) is 0 Å². The lowest BCUT2D eigenvalue weighted by atomic mass is 9.99. The number of aromatic nitrogens is 1. The molecule has 1 aromatic heterocycles. The predicted octanol–water partition coefficient (Wildman–Crippen LogP) is 3.49. The fourth-order valence-electron chi connectivity index (χ4n) is 4.27. The van der Waals surface area contributed by atoms with E-state index in [1.807, 2.05) is 18.7 Å². The maximum Gasteiger partial charge on any atom is 0.255 e. The minimum Gasteiger partial charge on any atom is -0.480 e. The van der Waals surface area contributed by atoms with Crippen LogP contribution in [0.4, 0.5) is 14.5 Å². The quantitative estimate of drug-likeness (QED) is 0.733. The Balaban J connectivity index is 1.87. The maximum absolute atomic E-state index is 14.1. The molecule has 0 spiro atoms. The summed E-state index contributed by atoms with van der Waals surface area (Å²) in [5.74, 6) is -1.03.